The van der Waals surface area contributed by atoms with Gasteiger partial charge in [0.25, 0.3) is 5.91 Å². The number of rotatable bonds is 2. The Kier molecular flexibility index (Phi) is 3.73. The van der Waals surface area contributed by atoms with Crippen LogP contribution in [0.3, 0.4) is 0 Å². The Labute approximate surface area is 123 Å². The second-order valence-corrected chi connectivity index (χ2v) is 5.01. The summed E-state index contributed by atoms with van der Waals surface area (Å²) in [4.78, 5) is 20.7. The number of phenolic OH excluding ortho intramolecular Hbond substituents is 1. The van der Waals surface area contributed by atoms with Crippen LogP contribution in [0.2, 0.25) is 0 Å². The Morgan fingerprint density at radius 3 is 2.33 bits per heavy atom. The van der Waals surface area contributed by atoms with Crippen LogP contribution in [-0.4, -0.2) is 47.1 Å². The minimum atomic E-state index is 0.00988. The van der Waals surface area contributed by atoms with Gasteiger partial charge >= 0.3 is 0 Å². The van der Waals surface area contributed by atoms with Crippen LogP contribution in [0.25, 0.3) is 0 Å². The van der Waals surface area contributed by atoms with Crippen molar-refractivity contribution < 1.29 is 9.90 Å². The number of benzene rings is 1. The van der Waals surface area contributed by atoms with E-state index in [1.165, 1.54) is 12.1 Å². The lowest BCUT2D eigenvalue weighted by atomic mass is 10.1. The van der Waals surface area contributed by atoms with E-state index < -0.39 is 0 Å². The second-order valence-electron chi connectivity index (χ2n) is 5.01. The molecule has 0 unspecified atom stereocenters. The van der Waals surface area contributed by atoms with Gasteiger partial charge in [-0.25, -0.2) is 4.98 Å². The van der Waals surface area contributed by atoms with Gasteiger partial charge < -0.3 is 14.9 Å². The third-order valence-electron chi connectivity index (χ3n) is 3.65. The third-order valence-corrected chi connectivity index (χ3v) is 3.65. The van der Waals surface area contributed by atoms with E-state index in [2.05, 4.69) is 9.88 Å². The average molecular weight is 283 g/mol. The number of nitrogens with zero attached hydrogens (tertiary/aromatic N) is 3. The molecule has 1 aromatic carbocycles. The lowest BCUT2D eigenvalue weighted by Crippen LogP contribution is -2.49. The van der Waals surface area contributed by atoms with Gasteiger partial charge in [-0.3, -0.25) is 4.79 Å². The topological polar surface area (TPSA) is 56.7 Å². The van der Waals surface area contributed by atoms with Crippen molar-refractivity contribution in [2.24, 2.45) is 0 Å². The van der Waals surface area contributed by atoms with Crippen molar-refractivity contribution in [1.29, 1.82) is 0 Å². The molecule has 0 bridgehead atoms. The Morgan fingerprint density at radius 2 is 1.71 bits per heavy atom. The lowest BCUT2D eigenvalue weighted by Gasteiger charge is -2.35. The highest BCUT2D eigenvalue weighted by Crippen LogP contribution is 2.16. The van der Waals surface area contributed by atoms with E-state index in [0.717, 1.165) is 18.9 Å². The highest BCUT2D eigenvalue weighted by atomic mass is 16.3. The molecule has 1 saturated heterocycles. The molecule has 0 radical (unpaired) electrons. The van der Waals surface area contributed by atoms with E-state index in [0.29, 0.717) is 18.7 Å². The molecule has 1 fully saturated rings. The molecule has 5 heteroatoms. The maximum atomic E-state index is 12.4. The molecule has 1 aromatic heterocycles. The zero-order valence-corrected chi connectivity index (χ0v) is 11.6. The number of hydrogen-bond acceptors (Lipinski definition) is 4. The molecule has 2 aromatic rings. The molecule has 2 heterocycles. The zero-order valence-electron chi connectivity index (χ0n) is 11.6. The maximum Gasteiger partial charge on any atom is 0.253 e. The molecule has 0 aliphatic carbocycles. The summed E-state index contributed by atoms with van der Waals surface area (Å²) in [6.45, 7) is 2.91. The van der Waals surface area contributed by atoms with Crippen LogP contribution in [0.1, 0.15) is 10.4 Å². The molecule has 108 valence electrons. The van der Waals surface area contributed by atoms with Gasteiger partial charge in [-0.15, -0.1) is 0 Å². The number of carbonyl (C=O) groups is 1. The predicted molar refractivity (Wildman–Crippen MR) is 80.5 cm³/mol. The van der Waals surface area contributed by atoms with Gasteiger partial charge in [0.1, 0.15) is 11.6 Å². The highest BCUT2D eigenvalue weighted by Gasteiger charge is 2.22. The quantitative estimate of drug-likeness (QED) is 0.912. The van der Waals surface area contributed by atoms with E-state index in [-0.39, 0.29) is 11.7 Å². The summed E-state index contributed by atoms with van der Waals surface area (Å²) in [5.74, 6) is 1.14. The summed E-state index contributed by atoms with van der Waals surface area (Å²) in [5, 5.41) is 9.27. The largest absolute Gasteiger partial charge is 0.508 e. The molecular formula is C16H17N3O2. The number of anilines is 1. The number of pyridine rings is 1. The van der Waals surface area contributed by atoms with Crippen molar-refractivity contribution >= 4 is 11.7 Å². The fourth-order valence-corrected chi connectivity index (χ4v) is 2.47. The number of hydrogen-bond donors (Lipinski definition) is 1. The molecule has 1 amide bonds. The van der Waals surface area contributed by atoms with Crippen LogP contribution >= 0.6 is 0 Å². The zero-order chi connectivity index (χ0) is 14.7. The first-order valence-corrected chi connectivity index (χ1v) is 6.98. The highest BCUT2D eigenvalue weighted by molar-refractivity contribution is 5.94. The molecule has 0 saturated carbocycles. The minimum absolute atomic E-state index is 0.00988. The number of aromatic hydroxyl groups is 1. The maximum absolute atomic E-state index is 12.4. The van der Waals surface area contributed by atoms with Crippen molar-refractivity contribution in [3.05, 3.63) is 54.2 Å². The van der Waals surface area contributed by atoms with Gasteiger partial charge in [-0.1, -0.05) is 6.07 Å². The van der Waals surface area contributed by atoms with Gasteiger partial charge in [-0.2, -0.15) is 0 Å². The SMILES string of the molecule is O=C(c1ccc(O)cc1)N1CCN(c2ccccn2)CC1. The minimum Gasteiger partial charge on any atom is -0.508 e. The van der Waals surface area contributed by atoms with E-state index >= 15 is 0 Å². The summed E-state index contributed by atoms with van der Waals surface area (Å²) in [5.41, 5.74) is 0.610. The van der Waals surface area contributed by atoms with Crippen LogP contribution in [0, 0.1) is 0 Å². The summed E-state index contributed by atoms with van der Waals surface area (Å²) in [6, 6.07) is 12.2. The number of amides is 1. The first kappa shape index (κ1) is 13.4. The van der Waals surface area contributed by atoms with Gasteiger partial charge in [0, 0.05) is 37.9 Å². The first-order valence-electron chi connectivity index (χ1n) is 6.98. The Bertz CT molecular complexity index is 605. The number of carbonyl (C=O) groups excluding carboxylic acids is 1. The Hall–Kier alpha value is -2.56. The standard InChI is InChI=1S/C16H17N3O2/c20-14-6-4-13(5-7-14)16(21)19-11-9-18(10-12-19)15-3-1-2-8-17-15/h1-8,20H,9-12H2. The van der Waals surface area contributed by atoms with Crippen LogP contribution in [0.15, 0.2) is 48.7 Å². The molecule has 1 aliphatic heterocycles. The summed E-state index contributed by atoms with van der Waals surface area (Å²) < 4.78 is 0. The summed E-state index contributed by atoms with van der Waals surface area (Å²) in [6.07, 6.45) is 1.78. The fraction of sp³-hybridized carbons (Fsp3) is 0.250. The van der Waals surface area contributed by atoms with E-state index in [4.69, 9.17) is 0 Å². The molecular weight excluding hydrogens is 266 g/mol. The van der Waals surface area contributed by atoms with Crippen LogP contribution in [-0.2, 0) is 0 Å². The average Bonchev–Trinajstić information content (AvgIpc) is 2.56. The van der Waals surface area contributed by atoms with Gasteiger partial charge in [0.15, 0.2) is 0 Å². The van der Waals surface area contributed by atoms with Crippen molar-refractivity contribution in [2.45, 2.75) is 0 Å². The van der Waals surface area contributed by atoms with Crippen molar-refractivity contribution in [1.82, 2.24) is 9.88 Å². The monoisotopic (exact) mass is 283 g/mol. The molecule has 5 nitrogen and oxygen atoms in total. The van der Waals surface area contributed by atoms with E-state index in [1.807, 2.05) is 23.1 Å². The molecule has 1 aliphatic rings. The molecule has 3 rings (SSSR count). The molecule has 1 N–H and O–H groups in total. The number of aromatic nitrogens is 1. The fourth-order valence-electron chi connectivity index (χ4n) is 2.47. The van der Waals surface area contributed by atoms with Gasteiger partial charge in [0.2, 0.25) is 0 Å². The molecule has 0 atom stereocenters. The normalized spacial score (nSPS) is 15.0. The van der Waals surface area contributed by atoms with Crippen molar-refractivity contribution in [3.63, 3.8) is 0 Å². The first-order chi connectivity index (χ1) is 10.2. The Morgan fingerprint density at radius 1 is 1.00 bits per heavy atom. The van der Waals surface area contributed by atoms with E-state index in [9.17, 15) is 9.90 Å². The predicted octanol–water partition coefficient (Wildman–Crippen LogP) is 1.75. The third kappa shape index (κ3) is 2.97. The van der Waals surface area contributed by atoms with Gasteiger partial charge in [0.05, 0.1) is 0 Å². The number of piperazine rings is 1. The Balaban J connectivity index is 1.63. The lowest BCUT2D eigenvalue weighted by molar-refractivity contribution is 0.0746. The van der Waals surface area contributed by atoms with E-state index in [1.54, 1.807) is 18.3 Å². The van der Waals surface area contributed by atoms with Gasteiger partial charge in [-0.05, 0) is 36.4 Å². The van der Waals surface area contributed by atoms with Crippen LogP contribution in [0.5, 0.6) is 5.75 Å². The van der Waals surface area contributed by atoms with Crippen LogP contribution in [0.4, 0.5) is 5.82 Å². The van der Waals surface area contributed by atoms with Crippen molar-refractivity contribution in [3.8, 4) is 5.75 Å². The van der Waals surface area contributed by atoms with Crippen LogP contribution < -0.4 is 4.90 Å². The molecule has 0 spiro atoms. The summed E-state index contributed by atoms with van der Waals surface area (Å²) >= 11 is 0. The smallest absolute Gasteiger partial charge is 0.253 e. The number of phenols is 1. The second kappa shape index (κ2) is 5.83. The van der Waals surface area contributed by atoms with Crippen molar-refractivity contribution in [2.75, 3.05) is 31.1 Å². The molecule has 21 heavy (non-hydrogen) atoms. The summed E-state index contributed by atoms with van der Waals surface area (Å²) in [7, 11) is 0.